The van der Waals surface area contributed by atoms with Gasteiger partial charge in [-0.05, 0) is 43.2 Å². The number of rotatable bonds is 6. The highest BCUT2D eigenvalue weighted by atomic mass is 16.5. The van der Waals surface area contributed by atoms with E-state index in [0.717, 1.165) is 0 Å². The quantitative estimate of drug-likeness (QED) is 0.535. The number of para-hydroxylation sites is 1. The second-order valence-corrected chi connectivity index (χ2v) is 7.96. The van der Waals surface area contributed by atoms with Crippen LogP contribution < -0.4 is 10.1 Å². The van der Waals surface area contributed by atoms with Gasteiger partial charge in [0.15, 0.2) is 11.4 Å². The largest absolute Gasteiger partial charge is 0.505 e. The van der Waals surface area contributed by atoms with Crippen LogP contribution >= 0.6 is 0 Å². The van der Waals surface area contributed by atoms with Crippen LogP contribution in [0.2, 0.25) is 0 Å². The molecule has 9 nitrogen and oxygen atoms in total. The molecule has 0 aliphatic carbocycles. The molecule has 3 aromatic rings. The number of carbonyl (C=O) groups is 2. The fourth-order valence-corrected chi connectivity index (χ4v) is 3.97. The Morgan fingerprint density at radius 2 is 1.88 bits per heavy atom. The van der Waals surface area contributed by atoms with E-state index < -0.39 is 17.3 Å². The lowest BCUT2D eigenvalue weighted by molar-refractivity contribution is -0.158. The molecule has 9 heteroatoms. The molecule has 1 amide bonds. The van der Waals surface area contributed by atoms with E-state index in [2.05, 4.69) is 10.3 Å². The minimum Gasteiger partial charge on any atom is -0.505 e. The van der Waals surface area contributed by atoms with Gasteiger partial charge in [-0.15, -0.1) is 0 Å². The molecule has 34 heavy (non-hydrogen) atoms. The van der Waals surface area contributed by atoms with Crippen molar-refractivity contribution in [2.75, 3.05) is 26.9 Å². The van der Waals surface area contributed by atoms with Crippen LogP contribution in [0.3, 0.4) is 0 Å². The summed E-state index contributed by atoms with van der Waals surface area (Å²) >= 11 is 0. The summed E-state index contributed by atoms with van der Waals surface area (Å²) in [5.74, 6) is -0.433. The highest BCUT2D eigenvalue weighted by Gasteiger charge is 2.41. The Kier molecular flexibility index (Phi) is 6.61. The molecule has 2 N–H and O–H groups in total. The molecule has 2 heterocycles. The Morgan fingerprint density at radius 3 is 2.56 bits per heavy atom. The number of nitriles is 1. The first-order chi connectivity index (χ1) is 16.5. The van der Waals surface area contributed by atoms with Gasteiger partial charge in [0.25, 0.3) is 5.91 Å². The zero-order valence-corrected chi connectivity index (χ0v) is 18.5. The standard InChI is InChI=1S/C25H23N3O6/c1-32-24(31)25(9-11-33-12-10-25)15-27-23(30)21-22(29)18-8-7-17(13-19(18)20(14-26)28-21)34-16-5-3-2-4-6-16/h2-8,13,29H,9-12,15H2,1H3,(H,27,30). The second-order valence-electron chi connectivity index (χ2n) is 7.96. The first-order valence-corrected chi connectivity index (χ1v) is 10.7. The maximum absolute atomic E-state index is 12.9. The second kappa shape index (κ2) is 9.77. The third-order valence-corrected chi connectivity index (χ3v) is 5.90. The number of amides is 1. The highest BCUT2D eigenvalue weighted by Crippen LogP contribution is 2.34. The number of methoxy groups -OCH3 is 1. The van der Waals surface area contributed by atoms with Gasteiger partial charge in [-0.3, -0.25) is 9.59 Å². The Labute approximate surface area is 195 Å². The Morgan fingerprint density at radius 1 is 1.15 bits per heavy atom. The Bertz CT molecular complexity index is 1260. The fraction of sp³-hybridized carbons (Fsp3) is 0.280. The number of fused-ring (bicyclic) bond motifs is 1. The van der Waals surface area contributed by atoms with Crippen LogP contribution in [-0.4, -0.2) is 48.8 Å². The lowest BCUT2D eigenvalue weighted by Crippen LogP contribution is -2.47. The number of esters is 1. The molecule has 1 aromatic heterocycles. The number of aromatic hydroxyl groups is 1. The monoisotopic (exact) mass is 461 g/mol. The van der Waals surface area contributed by atoms with E-state index in [9.17, 15) is 20.0 Å². The van der Waals surface area contributed by atoms with Crippen LogP contribution in [0.25, 0.3) is 10.8 Å². The van der Waals surface area contributed by atoms with Crippen molar-refractivity contribution >= 4 is 22.6 Å². The van der Waals surface area contributed by atoms with E-state index in [4.69, 9.17) is 14.2 Å². The number of pyridine rings is 1. The molecular weight excluding hydrogens is 438 g/mol. The number of aromatic nitrogens is 1. The van der Waals surface area contributed by atoms with E-state index in [1.807, 2.05) is 24.3 Å². The molecule has 0 saturated carbocycles. The van der Waals surface area contributed by atoms with Gasteiger partial charge in [-0.2, -0.15) is 5.26 Å². The van der Waals surface area contributed by atoms with Crippen LogP contribution in [0.4, 0.5) is 0 Å². The average molecular weight is 461 g/mol. The summed E-state index contributed by atoms with van der Waals surface area (Å²) in [4.78, 5) is 29.4. The van der Waals surface area contributed by atoms with E-state index >= 15 is 0 Å². The zero-order chi connectivity index (χ0) is 24.1. The number of nitrogens with zero attached hydrogens (tertiary/aromatic N) is 2. The SMILES string of the molecule is COC(=O)C1(CNC(=O)c2nc(C#N)c3cc(Oc4ccccc4)ccc3c2O)CCOCC1. The van der Waals surface area contributed by atoms with Crippen molar-refractivity contribution in [3.8, 4) is 23.3 Å². The number of ether oxygens (including phenoxy) is 3. The predicted octanol–water partition coefficient (Wildman–Crippen LogP) is 3.30. The maximum atomic E-state index is 12.9. The van der Waals surface area contributed by atoms with Crippen molar-refractivity contribution in [2.45, 2.75) is 12.8 Å². The summed E-state index contributed by atoms with van der Waals surface area (Å²) < 4.78 is 16.1. The summed E-state index contributed by atoms with van der Waals surface area (Å²) in [6.07, 6.45) is 0.787. The molecule has 0 bridgehead atoms. The first-order valence-electron chi connectivity index (χ1n) is 10.7. The summed E-state index contributed by atoms with van der Waals surface area (Å²) in [7, 11) is 1.30. The normalized spacial score (nSPS) is 14.7. The highest BCUT2D eigenvalue weighted by molar-refractivity contribution is 6.03. The van der Waals surface area contributed by atoms with Crippen LogP contribution in [0, 0.1) is 16.7 Å². The lowest BCUT2D eigenvalue weighted by Gasteiger charge is -2.34. The molecule has 1 aliphatic heterocycles. The minimum atomic E-state index is -0.920. The van der Waals surface area contributed by atoms with Gasteiger partial charge in [-0.25, -0.2) is 4.98 Å². The van der Waals surface area contributed by atoms with Crippen LogP contribution in [0.5, 0.6) is 17.2 Å². The predicted molar refractivity (Wildman–Crippen MR) is 121 cm³/mol. The molecule has 1 fully saturated rings. The van der Waals surface area contributed by atoms with Gasteiger partial charge in [-0.1, -0.05) is 18.2 Å². The molecule has 1 aliphatic rings. The number of hydrogen-bond donors (Lipinski definition) is 2. The van der Waals surface area contributed by atoms with Crippen molar-refractivity contribution in [1.82, 2.24) is 10.3 Å². The molecule has 4 rings (SSSR count). The number of hydrogen-bond acceptors (Lipinski definition) is 8. The van der Waals surface area contributed by atoms with E-state index in [0.29, 0.717) is 42.9 Å². The van der Waals surface area contributed by atoms with E-state index in [-0.39, 0.29) is 29.1 Å². The summed E-state index contributed by atoms with van der Waals surface area (Å²) in [6, 6.07) is 15.9. The smallest absolute Gasteiger partial charge is 0.313 e. The molecule has 174 valence electrons. The number of carbonyl (C=O) groups excluding carboxylic acids is 2. The van der Waals surface area contributed by atoms with Crippen molar-refractivity contribution in [2.24, 2.45) is 5.41 Å². The lowest BCUT2D eigenvalue weighted by atomic mass is 9.80. The Balaban J connectivity index is 1.62. The first kappa shape index (κ1) is 23.0. The zero-order valence-electron chi connectivity index (χ0n) is 18.5. The van der Waals surface area contributed by atoms with Crippen molar-refractivity contribution in [3.05, 3.63) is 59.9 Å². The molecule has 0 atom stereocenters. The van der Waals surface area contributed by atoms with Gasteiger partial charge in [0, 0.05) is 30.5 Å². The molecule has 1 saturated heterocycles. The molecule has 2 aromatic carbocycles. The summed E-state index contributed by atoms with van der Waals surface area (Å²) in [5, 5.41) is 23.7. The summed E-state index contributed by atoms with van der Waals surface area (Å²) in [6.45, 7) is 0.736. The van der Waals surface area contributed by atoms with Crippen molar-refractivity contribution in [1.29, 1.82) is 5.26 Å². The van der Waals surface area contributed by atoms with E-state index in [1.54, 1.807) is 30.3 Å². The topological polar surface area (TPSA) is 131 Å². The molecule has 0 spiro atoms. The minimum absolute atomic E-state index is 0.00718. The van der Waals surface area contributed by atoms with Gasteiger partial charge in [0.1, 0.15) is 23.3 Å². The van der Waals surface area contributed by atoms with Crippen LogP contribution in [0.1, 0.15) is 29.0 Å². The van der Waals surface area contributed by atoms with Crippen molar-refractivity contribution < 1.29 is 28.9 Å². The average Bonchev–Trinajstić information content (AvgIpc) is 2.88. The fourth-order valence-electron chi connectivity index (χ4n) is 3.97. The van der Waals surface area contributed by atoms with Crippen LogP contribution in [-0.2, 0) is 14.3 Å². The van der Waals surface area contributed by atoms with Gasteiger partial charge >= 0.3 is 5.97 Å². The molecule has 0 unspecified atom stereocenters. The van der Waals surface area contributed by atoms with Gasteiger partial charge < -0.3 is 24.6 Å². The third kappa shape index (κ3) is 4.49. The Hall–Kier alpha value is -4.16. The summed E-state index contributed by atoms with van der Waals surface area (Å²) in [5.41, 5.74) is -1.25. The van der Waals surface area contributed by atoms with E-state index in [1.165, 1.54) is 7.11 Å². The third-order valence-electron chi connectivity index (χ3n) is 5.90. The maximum Gasteiger partial charge on any atom is 0.313 e. The number of benzene rings is 2. The van der Waals surface area contributed by atoms with Crippen LogP contribution in [0.15, 0.2) is 48.5 Å². The van der Waals surface area contributed by atoms with Gasteiger partial charge in [0.05, 0.1) is 12.5 Å². The van der Waals surface area contributed by atoms with Gasteiger partial charge in [0.2, 0.25) is 0 Å². The molecule has 0 radical (unpaired) electrons. The number of nitrogens with one attached hydrogen (secondary N) is 1. The van der Waals surface area contributed by atoms with Crippen molar-refractivity contribution in [3.63, 3.8) is 0 Å². The molecular formula is C25H23N3O6.